The van der Waals surface area contributed by atoms with Crippen molar-refractivity contribution < 1.29 is 4.58 Å². The Morgan fingerprint density at radius 3 is 2.86 bits per heavy atom. The second kappa shape index (κ2) is 1.92. The SMILES string of the molecule is C/C=[N+]1/C=CCC1. The highest BCUT2D eigenvalue weighted by Crippen LogP contribution is 1.93. The van der Waals surface area contributed by atoms with Crippen LogP contribution in [-0.2, 0) is 0 Å². The van der Waals surface area contributed by atoms with E-state index in [9.17, 15) is 0 Å². The molecule has 0 spiro atoms. The number of nitrogens with zero attached hydrogens (tertiary/aromatic N) is 1. The van der Waals surface area contributed by atoms with E-state index in [2.05, 4.69) is 30.0 Å². The Bertz CT molecular complexity index is 109. The molecular formula is C6H10N+. The van der Waals surface area contributed by atoms with Gasteiger partial charge in [-0.25, -0.2) is 4.58 Å². The van der Waals surface area contributed by atoms with Crippen LogP contribution >= 0.6 is 0 Å². The number of rotatable bonds is 0. The topological polar surface area (TPSA) is 3.01 Å². The van der Waals surface area contributed by atoms with Crippen molar-refractivity contribution in [2.45, 2.75) is 13.3 Å². The molecule has 1 heteroatoms. The maximum atomic E-state index is 2.18. The molecule has 0 aromatic heterocycles. The van der Waals surface area contributed by atoms with E-state index in [1.54, 1.807) is 0 Å². The van der Waals surface area contributed by atoms with E-state index in [-0.39, 0.29) is 0 Å². The van der Waals surface area contributed by atoms with Gasteiger partial charge in [0.15, 0.2) is 12.7 Å². The maximum absolute atomic E-state index is 2.18. The van der Waals surface area contributed by atoms with Gasteiger partial charge in [0.1, 0.15) is 6.21 Å². The molecular weight excluding hydrogens is 86.1 g/mol. The smallest absolute Gasteiger partial charge is 0.164 e. The lowest BCUT2D eigenvalue weighted by Gasteiger charge is -1.80. The van der Waals surface area contributed by atoms with Gasteiger partial charge in [-0.2, -0.15) is 0 Å². The molecule has 1 nitrogen and oxygen atoms in total. The van der Waals surface area contributed by atoms with Crippen LogP contribution in [-0.4, -0.2) is 17.3 Å². The maximum Gasteiger partial charge on any atom is 0.164 e. The minimum atomic E-state index is 1.18. The summed E-state index contributed by atoms with van der Waals surface area (Å²) in [4.78, 5) is 0. The molecule has 0 saturated carbocycles. The van der Waals surface area contributed by atoms with Gasteiger partial charge < -0.3 is 0 Å². The van der Waals surface area contributed by atoms with Gasteiger partial charge in [0, 0.05) is 13.3 Å². The van der Waals surface area contributed by atoms with E-state index < -0.39 is 0 Å². The van der Waals surface area contributed by atoms with Crippen LogP contribution in [0.4, 0.5) is 0 Å². The van der Waals surface area contributed by atoms with Gasteiger partial charge in [0.25, 0.3) is 0 Å². The van der Waals surface area contributed by atoms with Crippen molar-refractivity contribution in [1.82, 2.24) is 0 Å². The standard InChI is InChI=1S/C6H10N/c1-2-7-5-3-4-6-7/h2-3,5H,4,6H2,1H3/q+1/b7-2-. The van der Waals surface area contributed by atoms with Crippen molar-refractivity contribution in [3.8, 4) is 0 Å². The van der Waals surface area contributed by atoms with E-state index in [0.29, 0.717) is 0 Å². The molecule has 1 aliphatic heterocycles. The summed E-state index contributed by atoms with van der Waals surface area (Å²) in [6.45, 7) is 3.23. The van der Waals surface area contributed by atoms with Gasteiger partial charge in [0.05, 0.1) is 0 Å². The predicted molar refractivity (Wildman–Crippen MR) is 30.6 cm³/mol. The monoisotopic (exact) mass is 96.1 g/mol. The molecule has 38 valence electrons. The second-order valence-electron chi connectivity index (χ2n) is 1.67. The third-order valence-electron chi connectivity index (χ3n) is 1.18. The lowest BCUT2D eigenvalue weighted by Crippen LogP contribution is -1.98. The van der Waals surface area contributed by atoms with Crippen LogP contribution in [0.25, 0.3) is 0 Å². The van der Waals surface area contributed by atoms with Crippen molar-refractivity contribution in [3.05, 3.63) is 12.3 Å². The summed E-state index contributed by atoms with van der Waals surface area (Å²) < 4.78 is 2.18. The van der Waals surface area contributed by atoms with Gasteiger partial charge in [0.2, 0.25) is 0 Å². The van der Waals surface area contributed by atoms with Crippen LogP contribution in [0.3, 0.4) is 0 Å². The van der Waals surface area contributed by atoms with Crippen LogP contribution in [0.1, 0.15) is 13.3 Å². The Hall–Kier alpha value is -0.590. The van der Waals surface area contributed by atoms with Crippen molar-refractivity contribution in [2.24, 2.45) is 0 Å². The fourth-order valence-corrected chi connectivity index (χ4v) is 0.723. The minimum absolute atomic E-state index is 1.18. The van der Waals surface area contributed by atoms with E-state index >= 15 is 0 Å². The first-order valence-corrected chi connectivity index (χ1v) is 2.65. The lowest BCUT2D eigenvalue weighted by atomic mass is 10.5. The van der Waals surface area contributed by atoms with Crippen molar-refractivity contribution in [1.29, 1.82) is 0 Å². The normalized spacial score (nSPS) is 24.4. The largest absolute Gasteiger partial charge is 0.209 e. The minimum Gasteiger partial charge on any atom is -0.209 e. The molecule has 0 fully saturated rings. The fourth-order valence-electron chi connectivity index (χ4n) is 0.723. The van der Waals surface area contributed by atoms with Gasteiger partial charge in [-0.05, 0) is 6.08 Å². The molecule has 1 aliphatic rings. The molecule has 0 aliphatic carbocycles. The molecule has 0 aromatic rings. The zero-order valence-electron chi connectivity index (χ0n) is 4.59. The third kappa shape index (κ3) is 0.889. The van der Waals surface area contributed by atoms with E-state index in [4.69, 9.17) is 0 Å². The average molecular weight is 96.2 g/mol. The molecule has 0 bridgehead atoms. The van der Waals surface area contributed by atoms with Crippen LogP contribution in [0.2, 0.25) is 0 Å². The number of hydrogen-bond acceptors (Lipinski definition) is 0. The number of hydrogen-bond donors (Lipinski definition) is 0. The molecule has 0 amide bonds. The Balaban J connectivity index is 2.59. The first-order chi connectivity index (χ1) is 3.43. The highest BCUT2D eigenvalue weighted by Gasteiger charge is 2.01. The molecule has 0 aromatic carbocycles. The van der Waals surface area contributed by atoms with Crippen LogP contribution in [0.15, 0.2) is 12.3 Å². The van der Waals surface area contributed by atoms with Crippen LogP contribution < -0.4 is 0 Å². The molecule has 1 rings (SSSR count). The first-order valence-electron chi connectivity index (χ1n) is 2.65. The Morgan fingerprint density at radius 1 is 1.71 bits per heavy atom. The first kappa shape index (κ1) is 4.57. The zero-order valence-corrected chi connectivity index (χ0v) is 4.59. The summed E-state index contributed by atoms with van der Waals surface area (Å²) in [7, 11) is 0. The summed E-state index contributed by atoms with van der Waals surface area (Å²) in [5, 5.41) is 0. The van der Waals surface area contributed by atoms with Crippen LogP contribution in [0.5, 0.6) is 0 Å². The van der Waals surface area contributed by atoms with Crippen LogP contribution in [0, 0.1) is 0 Å². The van der Waals surface area contributed by atoms with Gasteiger partial charge in [-0.3, -0.25) is 0 Å². The molecule has 0 N–H and O–H groups in total. The molecule has 0 unspecified atom stereocenters. The summed E-state index contributed by atoms with van der Waals surface area (Å²) in [6, 6.07) is 0. The Labute approximate surface area is 44.0 Å². The molecule has 1 heterocycles. The summed E-state index contributed by atoms with van der Waals surface area (Å²) in [5.41, 5.74) is 0. The van der Waals surface area contributed by atoms with E-state index in [0.717, 1.165) is 0 Å². The molecule has 0 atom stereocenters. The van der Waals surface area contributed by atoms with Gasteiger partial charge >= 0.3 is 0 Å². The molecule has 7 heavy (non-hydrogen) atoms. The van der Waals surface area contributed by atoms with Crippen molar-refractivity contribution in [2.75, 3.05) is 6.54 Å². The molecule has 0 saturated heterocycles. The fraction of sp³-hybridized carbons (Fsp3) is 0.500. The summed E-state index contributed by atoms with van der Waals surface area (Å²) >= 11 is 0. The Morgan fingerprint density at radius 2 is 2.57 bits per heavy atom. The summed E-state index contributed by atoms with van der Waals surface area (Å²) in [6.07, 6.45) is 7.59. The highest BCUT2D eigenvalue weighted by molar-refractivity contribution is 5.47. The van der Waals surface area contributed by atoms with E-state index in [1.165, 1.54) is 13.0 Å². The molecule has 0 radical (unpaired) electrons. The van der Waals surface area contributed by atoms with Gasteiger partial charge in [-0.1, -0.05) is 0 Å². The van der Waals surface area contributed by atoms with Crippen molar-refractivity contribution >= 4 is 6.21 Å². The second-order valence-corrected chi connectivity index (χ2v) is 1.67. The lowest BCUT2D eigenvalue weighted by molar-refractivity contribution is -0.441. The third-order valence-corrected chi connectivity index (χ3v) is 1.18. The predicted octanol–water partition coefficient (Wildman–Crippen LogP) is 1.01. The average Bonchev–Trinajstić information content (AvgIpc) is 2.14. The van der Waals surface area contributed by atoms with Crippen molar-refractivity contribution in [3.63, 3.8) is 0 Å². The van der Waals surface area contributed by atoms with E-state index in [1.807, 2.05) is 0 Å². The quantitative estimate of drug-likeness (QED) is 0.396. The summed E-state index contributed by atoms with van der Waals surface area (Å²) in [5.74, 6) is 0. The van der Waals surface area contributed by atoms with Gasteiger partial charge in [-0.15, -0.1) is 0 Å². The highest BCUT2D eigenvalue weighted by atomic mass is 15.0. The Kier molecular flexibility index (Phi) is 1.25. The zero-order chi connectivity index (χ0) is 5.11.